The van der Waals surface area contributed by atoms with Gasteiger partial charge in [0.05, 0.1) is 24.4 Å². The second-order valence-corrected chi connectivity index (χ2v) is 9.66. The average Bonchev–Trinajstić information content (AvgIpc) is 3.60. The zero-order valence-corrected chi connectivity index (χ0v) is 21.6. The molecule has 1 amide bonds. The van der Waals surface area contributed by atoms with Crippen LogP contribution in [0.15, 0.2) is 77.4 Å². The number of aromatic amines is 1. The quantitative estimate of drug-likeness (QED) is 0.183. The Morgan fingerprint density at radius 1 is 0.974 bits per heavy atom. The second kappa shape index (κ2) is 11.9. The molecule has 0 radical (unpaired) electrons. The zero-order chi connectivity index (χ0) is 26.3. The highest BCUT2D eigenvalue weighted by Crippen LogP contribution is 2.26. The van der Waals surface area contributed by atoms with E-state index in [-0.39, 0.29) is 18.4 Å². The third-order valence-corrected chi connectivity index (χ3v) is 6.94. The van der Waals surface area contributed by atoms with Gasteiger partial charge in [-0.3, -0.25) is 9.59 Å². The molecule has 0 aliphatic heterocycles. The molecule has 38 heavy (non-hydrogen) atoms. The van der Waals surface area contributed by atoms with Crippen molar-refractivity contribution in [3.8, 4) is 11.3 Å². The van der Waals surface area contributed by atoms with E-state index in [4.69, 9.17) is 4.52 Å². The van der Waals surface area contributed by atoms with Crippen molar-refractivity contribution >= 4 is 33.4 Å². The summed E-state index contributed by atoms with van der Waals surface area (Å²) in [6.45, 7) is 1.90. The van der Waals surface area contributed by atoms with Crippen LogP contribution in [0.3, 0.4) is 0 Å². The number of carbonyl (C=O) groups excluding carboxylic acids is 2. The Balaban J connectivity index is 1.31. The number of hydrogen-bond donors (Lipinski definition) is 2. The summed E-state index contributed by atoms with van der Waals surface area (Å²) in [6.07, 6.45) is 6.51. The summed E-state index contributed by atoms with van der Waals surface area (Å²) >= 11 is 0. The summed E-state index contributed by atoms with van der Waals surface area (Å²) in [6, 6.07) is 21.8. The molecule has 0 bridgehead atoms. The van der Waals surface area contributed by atoms with Crippen LogP contribution in [0.5, 0.6) is 0 Å². The summed E-state index contributed by atoms with van der Waals surface area (Å²) in [5.41, 5.74) is 3.23. The molecule has 3 aromatic carbocycles. The molecule has 7 nitrogen and oxygen atoms in total. The lowest BCUT2D eigenvalue weighted by molar-refractivity contribution is -0.121. The first kappa shape index (κ1) is 25.4. The maximum atomic E-state index is 13.1. The van der Waals surface area contributed by atoms with Crippen LogP contribution in [0.2, 0.25) is 0 Å². The lowest BCUT2D eigenvalue weighted by Gasteiger charge is -2.17. The first-order valence-corrected chi connectivity index (χ1v) is 13.3. The number of benzene rings is 3. The minimum Gasteiger partial charge on any atom is -0.356 e. The van der Waals surface area contributed by atoms with Gasteiger partial charge in [-0.15, -0.1) is 0 Å². The smallest absolute Gasteiger partial charge is 0.226 e. The predicted octanol–water partition coefficient (Wildman–Crippen LogP) is 6.70. The fourth-order valence-corrected chi connectivity index (χ4v) is 4.78. The number of hydrogen-bond acceptors (Lipinski definition) is 5. The number of imidazole rings is 1. The van der Waals surface area contributed by atoms with Gasteiger partial charge in [0.2, 0.25) is 5.91 Å². The number of fused-ring (bicyclic) bond motifs is 2. The second-order valence-electron chi connectivity index (χ2n) is 9.66. The van der Waals surface area contributed by atoms with E-state index in [1.54, 1.807) is 0 Å². The Bertz CT molecular complexity index is 1550. The molecule has 1 atom stereocenters. The van der Waals surface area contributed by atoms with Gasteiger partial charge >= 0.3 is 0 Å². The number of Topliss-reactive ketones (excluding diaryl/α,β-unsaturated/α-hetero) is 1. The van der Waals surface area contributed by atoms with E-state index in [9.17, 15) is 9.59 Å². The van der Waals surface area contributed by atoms with Gasteiger partial charge < -0.3 is 14.8 Å². The topological polar surface area (TPSA) is 101 Å². The fraction of sp³-hybridized carbons (Fsp3) is 0.290. The number of para-hydroxylation sites is 1. The predicted molar refractivity (Wildman–Crippen MR) is 149 cm³/mol. The van der Waals surface area contributed by atoms with Gasteiger partial charge in [-0.2, -0.15) is 0 Å². The highest BCUT2D eigenvalue weighted by molar-refractivity contribution is 5.87. The summed E-state index contributed by atoms with van der Waals surface area (Å²) in [4.78, 5) is 32.9. The van der Waals surface area contributed by atoms with Crippen LogP contribution in [-0.4, -0.2) is 26.8 Å². The Morgan fingerprint density at radius 3 is 2.66 bits per heavy atom. The van der Waals surface area contributed by atoms with Crippen LogP contribution in [0.1, 0.15) is 63.0 Å². The number of rotatable bonds is 12. The number of ketones is 1. The number of nitrogens with one attached hydrogen (secondary N) is 2. The molecule has 7 heteroatoms. The van der Waals surface area contributed by atoms with Crippen molar-refractivity contribution in [1.29, 1.82) is 0 Å². The van der Waals surface area contributed by atoms with Gasteiger partial charge in [-0.25, -0.2) is 4.98 Å². The van der Waals surface area contributed by atoms with Crippen LogP contribution < -0.4 is 5.32 Å². The third kappa shape index (κ3) is 5.99. The average molecular weight is 509 g/mol. The molecule has 0 unspecified atom stereocenters. The van der Waals surface area contributed by atoms with E-state index in [2.05, 4.69) is 50.8 Å². The fourth-order valence-electron chi connectivity index (χ4n) is 4.78. The SMILES string of the molecule is CCC(=O)CCCCC[C@H](NC(=O)Cc1noc2ccccc12)c1ncc(-c2ccc3ccccc3c2)[nH]1. The third-order valence-electron chi connectivity index (χ3n) is 6.94. The van der Waals surface area contributed by atoms with E-state index in [1.807, 2.05) is 49.5 Å². The van der Waals surface area contributed by atoms with E-state index < -0.39 is 0 Å². The van der Waals surface area contributed by atoms with Crippen LogP contribution in [-0.2, 0) is 16.0 Å². The molecule has 0 saturated heterocycles. The molecular weight excluding hydrogens is 476 g/mol. The van der Waals surface area contributed by atoms with Crippen molar-refractivity contribution in [2.75, 3.05) is 0 Å². The number of nitrogens with zero attached hydrogens (tertiary/aromatic N) is 2. The van der Waals surface area contributed by atoms with Crippen molar-refractivity contribution in [3.05, 3.63) is 84.4 Å². The normalized spacial score (nSPS) is 12.1. The Kier molecular flexibility index (Phi) is 7.92. The van der Waals surface area contributed by atoms with E-state index in [0.717, 1.165) is 53.5 Å². The van der Waals surface area contributed by atoms with Gasteiger partial charge in [0, 0.05) is 23.8 Å². The number of unbranched alkanes of at least 4 members (excludes halogenated alkanes) is 2. The number of H-pyrrole nitrogens is 1. The van der Waals surface area contributed by atoms with Gasteiger partial charge in [-0.1, -0.05) is 73.5 Å². The van der Waals surface area contributed by atoms with Crippen molar-refractivity contribution in [1.82, 2.24) is 20.4 Å². The largest absolute Gasteiger partial charge is 0.356 e. The summed E-state index contributed by atoms with van der Waals surface area (Å²) in [5.74, 6) is 0.871. The highest BCUT2D eigenvalue weighted by atomic mass is 16.5. The standard InChI is InChI=1S/C31H32N4O3/c1-2-24(36)12-4-3-5-14-26(33-30(37)19-27-25-13-8-9-15-29(25)38-35-27)31-32-20-28(34-31)23-17-16-21-10-6-7-11-22(21)18-23/h6-11,13,15-18,20,26H,2-5,12,14,19H2,1H3,(H,32,34)(H,33,37)/t26-/m0/s1. The molecular formula is C31H32N4O3. The van der Waals surface area contributed by atoms with Crippen molar-refractivity contribution in [3.63, 3.8) is 0 Å². The molecule has 2 N–H and O–H groups in total. The summed E-state index contributed by atoms with van der Waals surface area (Å²) in [5, 5.41) is 10.5. The monoisotopic (exact) mass is 508 g/mol. The molecule has 2 aromatic heterocycles. The van der Waals surface area contributed by atoms with Crippen LogP contribution in [0.25, 0.3) is 33.0 Å². The Hall–Kier alpha value is -4.26. The highest BCUT2D eigenvalue weighted by Gasteiger charge is 2.20. The van der Waals surface area contributed by atoms with Crippen molar-refractivity contribution < 1.29 is 14.1 Å². The number of aromatic nitrogens is 3. The molecule has 2 heterocycles. The number of carbonyl (C=O) groups is 2. The summed E-state index contributed by atoms with van der Waals surface area (Å²) < 4.78 is 5.37. The van der Waals surface area contributed by atoms with Gasteiger partial charge in [-0.05, 0) is 41.8 Å². The lowest BCUT2D eigenvalue weighted by Crippen LogP contribution is -2.30. The minimum absolute atomic E-state index is 0.122. The maximum absolute atomic E-state index is 13.1. The van der Waals surface area contributed by atoms with Crippen LogP contribution >= 0.6 is 0 Å². The molecule has 0 saturated carbocycles. The van der Waals surface area contributed by atoms with E-state index in [0.29, 0.717) is 29.9 Å². The van der Waals surface area contributed by atoms with Gasteiger partial charge in [0.1, 0.15) is 17.3 Å². The molecule has 0 aliphatic carbocycles. The van der Waals surface area contributed by atoms with E-state index >= 15 is 0 Å². The minimum atomic E-state index is -0.281. The van der Waals surface area contributed by atoms with Crippen molar-refractivity contribution in [2.24, 2.45) is 0 Å². The first-order chi connectivity index (χ1) is 18.6. The molecule has 5 rings (SSSR count). The van der Waals surface area contributed by atoms with E-state index in [1.165, 1.54) is 5.39 Å². The summed E-state index contributed by atoms with van der Waals surface area (Å²) in [7, 11) is 0. The van der Waals surface area contributed by atoms with Gasteiger partial charge in [0.25, 0.3) is 0 Å². The van der Waals surface area contributed by atoms with Crippen molar-refractivity contribution in [2.45, 2.75) is 57.9 Å². The molecule has 0 spiro atoms. The molecule has 5 aromatic rings. The van der Waals surface area contributed by atoms with Crippen LogP contribution in [0.4, 0.5) is 0 Å². The Morgan fingerprint density at radius 2 is 1.79 bits per heavy atom. The van der Waals surface area contributed by atoms with Gasteiger partial charge in [0.15, 0.2) is 5.58 Å². The molecule has 194 valence electrons. The first-order valence-electron chi connectivity index (χ1n) is 13.3. The van der Waals surface area contributed by atoms with Crippen LogP contribution in [0, 0.1) is 0 Å². The zero-order valence-electron chi connectivity index (χ0n) is 21.6. The number of amides is 1. The maximum Gasteiger partial charge on any atom is 0.226 e. The Labute approximate surface area is 221 Å². The lowest BCUT2D eigenvalue weighted by atomic mass is 10.0. The molecule has 0 aliphatic rings. The molecule has 0 fully saturated rings.